The first-order chi connectivity index (χ1) is 8.20. The molecule has 0 spiro atoms. The number of methoxy groups -OCH3 is 1. The zero-order chi connectivity index (χ0) is 12.3. The summed E-state index contributed by atoms with van der Waals surface area (Å²) in [6.45, 7) is 2.64. The van der Waals surface area contributed by atoms with Gasteiger partial charge in [-0.15, -0.1) is 0 Å². The van der Waals surface area contributed by atoms with Crippen LogP contribution in [-0.4, -0.2) is 25.6 Å². The maximum absolute atomic E-state index is 12.0. The second-order valence-corrected chi connectivity index (χ2v) is 4.14. The number of carbonyl (C=O) groups excluding carboxylic acids is 1. The summed E-state index contributed by atoms with van der Waals surface area (Å²) in [5.74, 6) is 0.762. The minimum absolute atomic E-state index is 0.0279. The molecular formula is C12H17N3O2. The average Bonchev–Trinajstić information content (AvgIpc) is 2.76. The van der Waals surface area contributed by atoms with Gasteiger partial charge in [-0.05, 0) is 31.2 Å². The van der Waals surface area contributed by atoms with Gasteiger partial charge in [0.15, 0.2) is 0 Å². The van der Waals surface area contributed by atoms with E-state index in [9.17, 15) is 4.79 Å². The smallest absolute Gasteiger partial charge is 0.230 e. The van der Waals surface area contributed by atoms with Crippen molar-refractivity contribution in [2.24, 2.45) is 5.92 Å². The zero-order valence-corrected chi connectivity index (χ0v) is 9.99. The van der Waals surface area contributed by atoms with Crippen LogP contribution < -0.4 is 20.9 Å². The lowest BCUT2D eigenvalue weighted by molar-refractivity contribution is -0.119. The molecule has 0 bridgehead atoms. The van der Waals surface area contributed by atoms with Crippen LogP contribution in [0.2, 0.25) is 0 Å². The molecule has 1 aliphatic rings. The number of ether oxygens (including phenoxy) is 1. The minimum atomic E-state index is -0.0444. The molecule has 1 saturated heterocycles. The molecule has 1 amide bonds. The van der Waals surface area contributed by atoms with E-state index in [2.05, 4.69) is 16.2 Å². The second-order valence-electron chi connectivity index (χ2n) is 4.14. The highest BCUT2D eigenvalue weighted by molar-refractivity contribution is 5.93. The zero-order valence-electron chi connectivity index (χ0n) is 9.99. The van der Waals surface area contributed by atoms with Gasteiger partial charge >= 0.3 is 0 Å². The predicted octanol–water partition coefficient (Wildman–Crippen LogP) is 0.746. The number of hydrogen-bond acceptors (Lipinski definition) is 4. The highest BCUT2D eigenvalue weighted by Crippen LogP contribution is 2.17. The topological polar surface area (TPSA) is 62.4 Å². The van der Waals surface area contributed by atoms with Crippen LogP contribution in [0.4, 0.5) is 5.69 Å². The molecule has 1 fully saturated rings. The van der Waals surface area contributed by atoms with Gasteiger partial charge in [-0.3, -0.25) is 15.6 Å². The van der Waals surface area contributed by atoms with Crippen LogP contribution in [0.3, 0.4) is 0 Å². The molecule has 92 valence electrons. The highest BCUT2D eigenvalue weighted by Gasteiger charge is 2.29. The normalized spacial score (nSPS) is 23.4. The van der Waals surface area contributed by atoms with E-state index in [1.165, 1.54) is 0 Å². The molecule has 2 atom stereocenters. The molecule has 2 rings (SSSR count). The van der Waals surface area contributed by atoms with Crippen LogP contribution in [0.5, 0.6) is 5.75 Å². The third-order valence-electron chi connectivity index (χ3n) is 2.95. The van der Waals surface area contributed by atoms with Crippen molar-refractivity contribution in [1.82, 2.24) is 10.9 Å². The Morgan fingerprint density at radius 3 is 2.65 bits per heavy atom. The fraction of sp³-hybridized carbons (Fsp3) is 0.417. The summed E-state index contributed by atoms with van der Waals surface area (Å²) in [7, 11) is 1.62. The molecule has 0 radical (unpaired) electrons. The van der Waals surface area contributed by atoms with Crippen molar-refractivity contribution in [2.45, 2.75) is 13.0 Å². The van der Waals surface area contributed by atoms with E-state index in [1.54, 1.807) is 7.11 Å². The molecule has 1 aromatic carbocycles. The monoisotopic (exact) mass is 235 g/mol. The minimum Gasteiger partial charge on any atom is -0.497 e. The second kappa shape index (κ2) is 5.16. The highest BCUT2D eigenvalue weighted by atomic mass is 16.5. The number of nitrogens with one attached hydrogen (secondary N) is 3. The maximum atomic E-state index is 12.0. The Balaban J connectivity index is 1.97. The predicted molar refractivity (Wildman–Crippen MR) is 65.7 cm³/mol. The summed E-state index contributed by atoms with van der Waals surface area (Å²) in [4.78, 5) is 12.0. The Hall–Kier alpha value is -1.59. The van der Waals surface area contributed by atoms with Gasteiger partial charge in [0.2, 0.25) is 5.91 Å². The fourth-order valence-corrected chi connectivity index (χ4v) is 1.84. The van der Waals surface area contributed by atoms with E-state index >= 15 is 0 Å². The molecule has 0 aromatic heterocycles. The first-order valence-corrected chi connectivity index (χ1v) is 5.64. The van der Waals surface area contributed by atoms with E-state index in [0.29, 0.717) is 6.54 Å². The Bertz CT molecular complexity index is 391. The number of carbonyl (C=O) groups is 1. The Morgan fingerprint density at radius 1 is 1.41 bits per heavy atom. The van der Waals surface area contributed by atoms with Gasteiger partial charge in [0.05, 0.1) is 13.0 Å². The molecule has 0 aliphatic carbocycles. The number of rotatable bonds is 3. The summed E-state index contributed by atoms with van der Waals surface area (Å²) in [6, 6.07) is 7.45. The fourth-order valence-electron chi connectivity index (χ4n) is 1.84. The first kappa shape index (κ1) is 11.9. The lowest BCUT2D eigenvalue weighted by atomic mass is 10.0. The van der Waals surface area contributed by atoms with Crippen LogP contribution >= 0.6 is 0 Å². The molecular weight excluding hydrogens is 218 g/mol. The Kier molecular flexibility index (Phi) is 3.61. The van der Waals surface area contributed by atoms with Gasteiger partial charge in [0.25, 0.3) is 0 Å². The molecule has 5 nitrogen and oxygen atoms in total. The average molecular weight is 235 g/mol. The van der Waals surface area contributed by atoms with E-state index in [-0.39, 0.29) is 17.9 Å². The third kappa shape index (κ3) is 2.75. The van der Waals surface area contributed by atoms with Gasteiger partial charge in [0, 0.05) is 18.3 Å². The van der Waals surface area contributed by atoms with Gasteiger partial charge in [0.1, 0.15) is 5.75 Å². The van der Waals surface area contributed by atoms with Gasteiger partial charge < -0.3 is 10.1 Å². The molecule has 3 N–H and O–H groups in total. The van der Waals surface area contributed by atoms with E-state index in [4.69, 9.17) is 4.74 Å². The van der Waals surface area contributed by atoms with Gasteiger partial charge in [-0.1, -0.05) is 0 Å². The summed E-state index contributed by atoms with van der Waals surface area (Å²) < 4.78 is 5.06. The third-order valence-corrected chi connectivity index (χ3v) is 2.95. The van der Waals surface area contributed by atoms with Gasteiger partial charge in [-0.2, -0.15) is 0 Å². The van der Waals surface area contributed by atoms with E-state index in [0.717, 1.165) is 11.4 Å². The number of anilines is 1. The Labute approximate surface area is 101 Å². The lowest BCUT2D eigenvalue weighted by Gasteiger charge is -2.13. The molecule has 2 unspecified atom stereocenters. The van der Waals surface area contributed by atoms with Crippen LogP contribution in [0.25, 0.3) is 0 Å². The lowest BCUT2D eigenvalue weighted by Crippen LogP contribution is -2.33. The van der Waals surface area contributed by atoms with Crippen LogP contribution in [0.1, 0.15) is 6.92 Å². The van der Waals surface area contributed by atoms with Crippen molar-refractivity contribution in [3.8, 4) is 5.75 Å². The molecule has 1 aromatic rings. The molecule has 1 heterocycles. The van der Waals surface area contributed by atoms with Gasteiger partial charge in [-0.25, -0.2) is 0 Å². The quantitative estimate of drug-likeness (QED) is 0.723. The number of hydrazine groups is 1. The van der Waals surface area contributed by atoms with Crippen molar-refractivity contribution in [1.29, 1.82) is 0 Å². The molecule has 0 saturated carbocycles. The standard InChI is InChI=1S/C12H17N3O2/c1-8-11(7-13-15-8)12(16)14-9-3-5-10(17-2)6-4-9/h3-6,8,11,13,15H,7H2,1-2H3,(H,14,16). The maximum Gasteiger partial charge on any atom is 0.230 e. The van der Waals surface area contributed by atoms with Crippen LogP contribution in [-0.2, 0) is 4.79 Å². The van der Waals surface area contributed by atoms with Crippen molar-refractivity contribution in [3.63, 3.8) is 0 Å². The first-order valence-electron chi connectivity index (χ1n) is 5.64. The van der Waals surface area contributed by atoms with Crippen molar-refractivity contribution < 1.29 is 9.53 Å². The van der Waals surface area contributed by atoms with Crippen molar-refractivity contribution in [3.05, 3.63) is 24.3 Å². The van der Waals surface area contributed by atoms with Crippen molar-refractivity contribution >= 4 is 11.6 Å². The molecule has 1 aliphatic heterocycles. The largest absolute Gasteiger partial charge is 0.497 e. The molecule has 17 heavy (non-hydrogen) atoms. The van der Waals surface area contributed by atoms with E-state index < -0.39 is 0 Å². The number of benzene rings is 1. The number of amides is 1. The van der Waals surface area contributed by atoms with E-state index in [1.807, 2.05) is 31.2 Å². The van der Waals surface area contributed by atoms with Crippen LogP contribution in [0, 0.1) is 5.92 Å². The molecule has 5 heteroatoms. The van der Waals surface area contributed by atoms with Crippen molar-refractivity contribution in [2.75, 3.05) is 19.0 Å². The summed E-state index contributed by atoms with van der Waals surface area (Å²) in [6.07, 6.45) is 0. The van der Waals surface area contributed by atoms with Crippen LogP contribution in [0.15, 0.2) is 24.3 Å². The summed E-state index contributed by atoms with van der Waals surface area (Å²) in [5.41, 5.74) is 6.79. The number of hydrogen-bond donors (Lipinski definition) is 3. The Morgan fingerprint density at radius 2 is 2.12 bits per heavy atom. The summed E-state index contributed by atoms with van der Waals surface area (Å²) in [5, 5.41) is 2.89. The summed E-state index contributed by atoms with van der Waals surface area (Å²) >= 11 is 0. The SMILES string of the molecule is COc1ccc(NC(=O)C2CNNC2C)cc1.